The van der Waals surface area contributed by atoms with E-state index in [1.54, 1.807) is 24.3 Å². The fraction of sp³-hybridized carbons (Fsp3) is 0.385. The minimum atomic E-state index is -0.294. The zero-order valence-electron chi connectivity index (χ0n) is 10.8. The molecule has 0 radical (unpaired) electrons. The van der Waals surface area contributed by atoms with Gasteiger partial charge in [-0.25, -0.2) is 0 Å². The van der Waals surface area contributed by atoms with Crippen LogP contribution in [0.4, 0.5) is 5.69 Å². The van der Waals surface area contributed by atoms with E-state index in [4.69, 9.17) is 11.5 Å². The number of nitrogens with one attached hydrogen (secondary N) is 2. The minimum absolute atomic E-state index is 0.0359. The van der Waals surface area contributed by atoms with Gasteiger partial charge >= 0.3 is 0 Å². The minimum Gasteiger partial charge on any atom is -0.399 e. The maximum absolute atomic E-state index is 11.7. The molecule has 0 saturated heterocycles. The Labute approximate surface area is 112 Å². The van der Waals surface area contributed by atoms with Gasteiger partial charge in [-0.05, 0) is 43.7 Å². The first-order valence-electron chi connectivity index (χ1n) is 6.24. The lowest BCUT2D eigenvalue weighted by atomic mass is 10.2. The Morgan fingerprint density at radius 3 is 2.37 bits per heavy atom. The molecule has 2 amide bonds. The van der Waals surface area contributed by atoms with Crippen molar-refractivity contribution >= 4 is 17.5 Å². The number of hydrogen-bond donors (Lipinski definition) is 4. The summed E-state index contributed by atoms with van der Waals surface area (Å²) in [5, 5.41) is 5.25. The van der Waals surface area contributed by atoms with Crippen LogP contribution in [0, 0.1) is 0 Å². The maximum atomic E-state index is 11.7. The number of rotatable bonds is 7. The SMILES string of the molecule is NCCCCNC(=O)CNC(=O)c1ccc(N)cc1. The number of nitrogens with two attached hydrogens (primary N) is 2. The number of unbranched alkanes of at least 4 members (excludes halogenated alkanes) is 1. The third kappa shape index (κ3) is 5.87. The van der Waals surface area contributed by atoms with Crippen molar-refractivity contribution < 1.29 is 9.59 Å². The molecule has 19 heavy (non-hydrogen) atoms. The molecule has 0 spiro atoms. The van der Waals surface area contributed by atoms with Gasteiger partial charge in [0.2, 0.25) is 5.91 Å². The molecular weight excluding hydrogens is 244 g/mol. The van der Waals surface area contributed by atoms with Crippen LogP contribution in [0.1, 0.15) is 23.2 Å². The topological polar surface area (TPSA) is 110 Å². The van der Waals surface area contributed by atoms with E-state index in [1.807, 2.05) is 0 Å². The quantitative estimate of drug-likeness (QED) is 0.405. The molecular formula is C13H20N4O2. The highest BCUT2D eigenvalue weighted by Crippen LogP contribution is 2.04. The predicted molar refractivity (Wildman–Crippen MR) is 74.5 cm³/mol. The van der Waals surface area contributed by atoms with Crippen LogP contribution in [0.25, 0.3) is 0 Å². The third-order valence-corrected chi connectivity index (χ3v) is 2.54. The Morgan fingerprint density at radius 2 is 1.74 bits per heavy atom. The highest BCUT2D eigenvalue weighted by atomic mass is 16.2. The van der Waals surface area contributed by atoms with Crippen LogP contribution in [0.2, 0.25) is 0 Å². The molecule has 0 atom stereocenters. The third-order valence-electron chi connectivity index (χ3n) is 2.54. The second-order valence-corrected chi connectivity index (χ2v) is 4.15. The van der Waals surface area contributed by atoms with Gasteiger partial charge in [-0.3, -0.25) is 9.59 Å². The Hall–Kier alpha value is -2.08. The van der Waals surface area contributed by atoms with Crippen LogP contribution >= 0.6 is 0 Å². The lowest BCUT2D eigenvalue weighted by Crippen LogP contribution is -2.37. The number of nitrogen functional groups attached to an aromatic ring is 1. The maximum Gasteiger partial charge on any atom is 0.251 e. The Kier molecular flexibility index (Phi) is 6.38. The average molecular weight is 264 g/mol. The highest BCUT2D eigenvalue weighted by molar-refractivity contribution is 5.96. The Balaban J connectivity index is 2.26. The van der Waals surface area contributed by atoms with Crippen LogP contribution < -0.4 is 22.1 Å². The summed E-state index contributed by atoms with van der Waals surface area (Å²) in [6, 6.07) is 6.51. The number of hydrogen-bond acceptors (Lipinski definition) is 4. The summed E-state index contributed by atoms with van der Waals surface area (Å²) in [7, 11) is 0. The van der Waals surface area contributed by atoms with Crippen molar-refractivity contribution in [1.82, 2.24) is 10.6 Å². The van der Waals surface area contributed by atoms with Crippen molar-refractivity contribution in [2.45, 2.75) is 12.8 Å². The molecule has 0 aliphatic carbocycles. The van der Waals surface area contributed by atoms with Crippen molar-refractivity contribution in [2.75, 3.05) is 25.4 Å². The van der Waals surface area contributed by atoms with E-state index in [-0.39, 0.29) is 18.4 Å². The van der Waals surface area contributed by atoms with E-state index in [0.29, 0.717) is 24.3 Å². The molecule has 1 rings (SSSR count). The first kappa shape index (κ1) is 15.0. The number of anilines is 1. The molecule has 1 aromatic carbocycles. The largest absolute Gasteiger partial charge is 0.399 e. The van der Waals surface area contributed by atoms with E-state index in [1.165, 1.54) is 0 Å². The number of carbonyl (C=O) groups is 2. The standard InChI is InChI=1S/C13H20N4O2/c14-7-1-2-8-16-12(18)9-17-13(19)10-3-5-11(15)6-4-10/h3-6H,1-2,7-9,14-15H2,(H,16,18)(H,17,19). The summed E-state index contributed by atoms with van der Waals surface area (Å²) in [4.78, 5) is 23.1. The summed E-state index contributed by atoms with van der Waals surface area (Å²) in [5.41, 5.74) is 11.9. The van der Waals surface area contributed by atoms with Gasteiger partial charge in [0.05, 0.1) is 6.54 Å². The van der Waals surface area contributed by atoms with E-state index < -0.39 is 0 Å². The first-order valence-corrected chi connectivity index (χ1v) is 6.24. The molecule has 6 nitrogen and oxygen atoms in total. The second kappa shape index (κ2) is 8.10. The zero-order chi connectivity index (χ0) is 14.1. The molecule has 0 aromatic heterocycles. The second-order valence-electron chi connectivity index (χ2n) is 4.15. The number of carbonyl (C=O) groups excluding carboxylic acids is 2. The van der Waals surface area contributed by atoms with Crippen molar-refractivity contribution in [3.8, 4) is 0 Å². The molecule has 0 heterocycles. The van der Waals surface area contributed by atoms with Crippen molar-refractivity contribution in [3.63, 3.8) is 0 Å². The van der Waals surface area contributed by atoms with Gasteiger partial charge in [0.25, 0.3) is 5.91 Å². The monoisotopic (exact) mass is 264 g/mol. The van der Waals surface area contributed by atoms with Crippen molar-refractivity contribution in [1.29, 1.82) is 0 Å². The van der Waals surface area contributed by atoms with Gasteiger partial charge in [0.1, 0.15) is 0 Å². The summed E-state index contributed by atoms with van der Waals surface area (Å²) < 4.78 is 0. The highest BCUT2D eigenvalue weighted by Gasteiger charge is 2.07. The van der Waals surface area contributed by atoms with Crippen LogP contribution in [-0.2, 0) is 4.79 Å². The molecule has 1 aromatic rings. The molecule has 104 valence electrons. The van der Waals surface area contributed by atoms with Gasteiger partial charge in [0.15, 0.2) is 0 Å². The molecule has 6 N–H and O–H groups in total. The van der Waals surface area contributed by atoms with Gasteiger partial charge in [-0.2, -0.15) is 0 Å². The Bertz CT molecular complexity index is 417. The molecule has 0 bridgehead atoms. The smallest absolute Gasteiger partial charge is 0.251 e. The average Bonchev–Trinajstić information content (AvgIpc) is 2.42. The lowest BCUT2D eigenvalue weighted by Gasteiger charge is -2.07. The summed E-state index contributed by atoms with van der Waals surface area (Å²) in [6.07, 6.45) is 1.71. The van der Waals surface area contributed by atoms with Crippen molar-refractivity contribution in [3.05, 3.63) is 29.8 Å². The van der Waals surface area contributed by atoms with Gasteiger partial charge in [-0.1, -0.05) is 0 Å². The lowest BCUT2D eigenvalue weighted by molar-refractivity contribution is -0.120. The van der Waals surface area contributed by atoms with Gasteiger partial charge < -0.3 is 22.1 Å². The van der Waals surface area contributed by atoms with E-state index in [9.17, 15) is 9.59 Å². The zero-order valence-corrected chi connectivity index (χ0v) is 10.8. The fourth-order valence-corrected chi connectivity index (χ4v) is 1.46. The fourth-order valence-electron chi connectivity index (χ4n) is 1.46. The number of amides is 2. The molecule has 0 aliphatic rings. The molecule has 0 aliphatic heterocycles. The van der Waals surface area contributed by atoms with E-state index >= 15 is 0 Å². The predicted octanol–water partition coefficient (Wildman–Crippen LogP) is -0.146. The van der Waals surface area contributed by atoms with Crippen molar-refractivity contribution in [2.24, 2.45) is 5.73 Å². The van der Waals surface area contributed by atoms with Crippen LogP contribution in [0.15, 0.2) is 24.3 Å². The molecule has 6 heteroatoms. The Morgan fingerprint density at radius 1 is 1.05 bits per heavy atom. The van der Waals surface area contributed by atoms with Crippen LogP contribution in [0.3, 0.4) is 0 Å². The molecule has 0 fully saturated rings. The summed E-state index contributed by atoms with van der Waals surface area (Å²) in [5.74, 6) is -0.502. The molecule has 0 unspecified atom stereocenters. The van der Waals surface area contributed by atoms with Gasteiger partial charge in [0, 0.05) is 17.8 Å². The summed E-state index contributed by atoms with van der Waals surface area (Å²) in [6.45, 7) is 1.16. The van der Waals surface area contributed by atoms with Crippen LogP contribution in [-0.4, -0.2) is 31.4 Å². The van der Waals surface area contributed by atoms with Crippen LogP contribution in [0.5, 0.6) is 0 Å². The van der Waals surface area contributed by atoms with E-state index in [2.05, 4.69) is 10.6 Å². The number of benzene rings is 1. The van der Waals surface area contributed by atoms with E-state index in [0.717, 1.165) is 12.8 Å². The normalized spacial score (nSPS) is 9.95. The molecule has 0 saturated carbocycles. The summed E-state index contributed by atoms with van der Waals surface area (Å²) >= 11 is 0. The first-order chi connectivity index (χ1) is 9.13. The van der Waals surface area contributed by atoms with Gasteiger partial charge in [-0.15, -0.1) is 0 Å².